The van der Waals surface area contributed by atoms with E-state index in [1.807, 2.05) is 0 Å². The summed E-state index contributed by atoms with van der Waals surface area (Å²) in [6, 6.07) is 0. The fourth-order valence-electron chi connectivity index (χ4n) is 4.89. The molecule has 0 radical (unpaired) electrons. The van der Waals surface area contributed by atoms with Crippen LogP contribution in [0, 0.1) is 5.92 Å². The van der Waals surface area contributed by atoms with Gasteiger partial charge in [-0.25, -0.2) is 4.98 Å². The largest absolute Gasteiger partial charge is 0.522 e. The van der Waals surface area contributed by atoms with Gasteiger partial charge in [-0.2, -0.15) is 17.6 Å². The lowest BCUT2D eigenvalue weighted by Gasteiger charge is -2.38. The minimum absolute atomic E-state index is 0.0145. The number of aromatic amines is 1. The molecular formula is C26H43N5O5PS2Si+. The SMILES string of the molecule is C=C(C)[C@@H]1CC[C@](C)(S)[C@@H](O[P+](=S)O[C@H]2C[C@H](n3cnc4c(=O)[nH]c(N)nc43)O[C@@H]2CO[Si](C)(C)C(C)(C)C)C1. The minimum atomic E-state index is -2.06. The van der Waals surface area contributed by atoms with Crippen LogP contribution in [0.4, 0.5) is 5.95 Å². The summed E-state index contributed by atoms with van der Waals surface area (Å²) in [6.07, 6.45) is 3.35. The number of hydrogen-bond donors (Lipinski definition) is 3. The van der Waals surface area contributed by atoms with E-state index in [9.17, 15) is 4.79 Å². The van der Waals surface area contributed by atoms with Crippen molar-refractivity contribution in [1.29, 1.82) is 0 Å². The highest BCUT2D eigenvalue weighted by molar-refractivity contribution is 8.00. The Kier molecular flexibility index (Phi) is 9.39. The first-order valence-electron chi connectivity index (χ1n) is 13.7. The van der Waals surface area contributed by atoms with E-state index >= 15 is 0 Å². The van der Waals surface area contributed by atoms with Crippen molar-refractivity contribution in [2.75, 3.05) is 12.3 Å². The van der Waals surface area contributed by atoms with Gasteiger partial charge >= 0.3 is 7.15 Å². The number of aromatic nitrogens is 4. The van der Waals surface area contributed by atoms with Gasteiger partial charge < -0.3 is 14.9 Å². The van der Waals surface area contributed by atoms with Gasteiger partial charge in [0.2, 0.25) is 17.8 Å². The predicted molar refractivity (Wildman–Crippen MR) is 168 cm³/mol. The third-order valence-corrected chi connectivity index (χ3v) is 15.1. The van der Waals surface area contributed by atoms with E-state index in [-0.39, 0.29) is 33.5 Å². The van der Waals surface area contributed by atoms with Gasteiger partial charge in [0.25, 0.3) is 5.56 Å². The van der Waals surface area contributed by atoms with E-state index < -0.39 is 33.4 Å². The number of H-pyrrole nitrogens is 1. The van der Waals surface area contributed by atoms with Crippen LogP contribution in [0.3, 0.4) is 0 Å². The molecule has 0 bridgehead atoms. The molecule has 7 atom stereocenters. The van der Waals surface area contributed by atoms with Gasteiger partial charge in [-0.15, -0.1) is 9.05 Å². The lowest BCUT2D eigenvalue weighted by molar-refractivity contribution is -0.0371. The first-order valence-corrected chi connectivity index (χ1v) is 19.2. The fourth-order valence-corrected chi connectivity index (χ4v) is 7.94. The monoisotopic (exact) mass is 628 g/mol. The Morgan fingerprint density at radius 1 is 1.40 bits per heavy atom. The zero-order chi connectivity index (χ0) is 29.6. The van der Waals surface area contributed by atoms with Crippen LogP contribution in [-0.2, 0) is 30.0 Å². The molecular weight excluding hydrogens is 586 g/mol. The Morgan fingerprint density at radius 2 is 2.10 bits per heavy atom. The molecule has 3 N–H and O–H groups in total. The van der Waals surface area contributed by atoms with E-state index in [2.05, 4.69) is 69.2 Å². The number of allylic oxidation sites excluding steroid dienone is 1. The second-order valence-electron chi connectivity index (χ2n) is 12.8. The molecule has 2 aromatic rings. The van der Waals surface area contributed by atoms with E-state index in [0.29, 0.717) is 24.6 Å². The van der Waals surface area contributed by atoms with Crippen molar-refractivity contribution in [3.63, 3.8) is 0 Å². The summed E-state index contributed by atoms with van der Waals surface area (Å²) in [5, 5.41) is 0.0377. The summed E-state index contributed by atoms with van der Waals surface area (Å²) in [5.74, 6) is 0.395. The molecule has 0 spiro atoms. The van der Waals surface area contributed by atoms with Crippen LogP contribution < -0.4 is 11.3 Å². The molecule has 10 nitrogen and oxygen atoms in total. The normalized spacial score (nSPS) is 30.1. The molecule has 1 saturated heterocycles. The molecule has 40 heavy (non-hydrogen) atoms. The van der Waals surface area contributed by atoms with Gasteiger partial charge in [0, 0.05) is 11.2 Å². The van der Waals surface area contributed by atoms with Crippen molar-refractivity contribution in [3.8, 4) is 0 Å². The second-order valence-corrected chi connectivity index (χ2v) is 20.4. The zero-order valence-electron chi connectivity index (χ0n) is 24.5. The van der Waals surface area contributed by atoms with E-state index in [1.165, 1.54) is 0 Å². The number of anilines is 1. The summed E-state index contributed by atoms with van der Waals surface area (Å²) >= 11 is 10.7. The third-order valence-electron chi connectivity index (χ3n) is 8.68. The Balaban J connectivity index is 1.54. The number of nitrogens with one attached hydrogen (secondary N) is 1. The molecule has 1 saturated carbocycles. The number of hydrogen-bond acceptors (Lipinski definition) is 10. The molecule has 3 heterocycles. The van der Waals surface area contributed by atoms with E-state index in [1.54, 1.807) is 10.9 Å². The Labute approximate surface area is 248 Å². The van der Waals surface area contributed by atoms with Gasteiger partial charge in [-0.1, -0.05) is 32.9 Å². The number of nitrogens with zero attached hydrogens (tertiary/aromatic N) is 3. The molecule has 1 aliphatic carbocycles. The molecule has 1 aliphatic heterocycles. The highest BCUT2D eigenvalue weighted by Crippen LogP contribution is 2.47. The quantitative estimate of drug-likeness (QED) is 0.140. The van der Waals surface area contributed by atoms with Crippen molar-refractivity contribution < 1.29 is 18.2 Å². The number of thiol groups is 1. The maximum atomic E-state index is 12.3. The first-order chi connectivity index (χ1) is 18.5. The maximum absolute atomic E-state index is 12.3. The molecule has 0 amide bonds. The van der Waals surface area contributed by atoms with Crippen LogP contribution in [0.5, 0.6) is 0 Å². The van der Waals surface area contributed by atoms with Crippen LogP contribution in [0.2, 0.25) is 18.1 Å². The third kappa shape index (κ3) is 6.89. The fraction of sp³-hybridized carbons (Fsp3) is 0.731. The minimum Gasteiger partial charge on any atom is -0.414 e. The topological polar surface area (TPSA) is 127 Å². The van der Waals surface area contributed by atoms with Crippen molar-refractivity contribution in [2.24, 2.45) is 5.92 Å². The second kappa shape index (κ2) is 11.8. The highest BCUT2D eigenvalue weighted by atomic mass is 32.4. The number of ether oxygens (including phenoxy) is 1. The molecule has 1 unspecified atom stereocenters. The van der Waals surface area contributed by atoms with Crippen LogP contribution in [-0.4, -0.2) is 57.5 Å². The summed E-state index contributed by atoms with van der Waals surface area (Å²) in [7, 11) is -3.72. The Bertz CT molecular complexity index is 1330. The number of rotatable bonds is 9. The van der Waals surface area contributed by atoms with Crippen LogP contribution in [0.15, 0.2) is 23.3 Å². The van der Waals surface area contributed by atoms with E-state index in [4.69, 9.17) is 48.4 Å². The molecule has 2 fully saturated rings. The Hall–Kier alpha value is -1.18. The molecule has 2 aromatic heterocycles. The van der Waals surface area contributed by atoms with E-state index in [0.717, 1.165) is 24.8 Å². The van der Waals surface area contributed by atoms with Gasteiger partial charge in [-0.3, -0.25) is 14.3 Å². The van der Waals surface area contributed by atoms with Crippen LogP contribution >= 0.6 is 19.8 Å². The number of nitrogens with two attached hydrogens (primary N) is 1. The maximum Gasteiger partial charge on any atom is 0.522 e. The van der Waals surface area contributed by atoms with Gasteiger partial charge in [0.15, 0.2) is 19.5 Å². The molecule has 222 valence electrons. The number of fused-ring (bicyclic) bond motifs is 1. The van der Waals surface area contributed by atoms with Gasteiger partial charge in [-0.05, 0) is 57.2 Å². The Morgan fingerprint density at radius 3 is 2.75 bits per heavy atom. The molecule has 2 aliphatic rings. The number of imidazole rings is 1. The summed E-state index contributed by atoms with van der Waals surface area (Å²) in [5.41, 5.74) is 7.12. The van der Waals surface area contributed by atoms with Gasteiger partial charge in [0.05, 0.1) is 12.9 Å². The van der Waals surface area contributed by atoms with Crippen molar-refractivity contribution in [1.82, 2.24) is 19.5 Å². The summed E-state index contributed by atoms with van der Waals surface area (Å²) in [6.45, 7) is 19.7. The zero-order valence-corrected chi connectivity index (χ0v) is 28.1. The lowest BCUT2D eigenvalue weighted by atomic mass is 9.77. The lowest BCUT2D eigenvalue weighted by Crippen LogP contribution is -2.44. The predicted octanol–water partition coefficient (Wildman–Crippen LogP) is 5.62. The molecule has 0 aromatic carbocycles. The van der Waals surface area contributed by atoms with Gasteiger partial charge in [0.1, 0.15) is 24.5 Å². The van der Waals surface area contributed by atoms with Crippen LogP contribution in [0.25, 0.3) is 11.2 Å². The van der Waals surface area contributed by atoms with Crippen LogP contribution in [0.1, 0.15) is 66.5 Å². The molecule has 4 rings (SSSR count). The summed E-state index contributed by atoms with van der Waals surface area (Å²) < 4.78 is 27.2. The van der Waals surface area contributed by atoms with Crippen molar-refractivity contribution >= 4 is 57.0 Å². The average Bonchev–Trinajstić information content (AvgIpc) is 3.42. The highest BCUT2D eigenvalue weighted by Gasteiger charge is 2.47. The first kappa shape index (κ1) is 31.7. The average molecular weight is 629 g/mol. The smallest absolute Gasteiger partial charge is 0.414 e. The number of nitrogen functional groups attached to an aromatic ring is 1. The van der Waals surface area contributed by atoms with Crippen molar-refractivity contribution in [2.45, 2.75) is 108 Å². The van der Waals surface area contributed by atoms with Crippen molar-refractivity contribution in [3.05, 3.63) is 28.8 Å². The summed E-state index contributed by atoms with van der Waals surface area (Å²) in [4.78, 5) is 23.4. The standard InChI is InChI=1S/C26H42N5O5PS2Si/c1-15(2)16-9-10-26(6,38)19(11-16)36-37(39)35-17-12-20(34-18(17)13-33-40(7,8)25(3,4)5)31-14-28-21-22(31)29-24(27)30-23(21)32/h14,16-20H,1,9-13H2,2-8H3,(H3-,27,29,30,32,38)/p+1/t16-,17+,18-,19+,20-,26+/m1/s1. The molecule has 14 heteroatoms.